The van der Waals surface area contributed by atoms with Crippen molar-refractivity contribution in [3.63, 3.8) is 0 Å². The Morgan fingerprint density at radius 3 is 1.81 bits per heavy atom. The highest BCUT2D eigenvalue weighted by Crippen LogP contribution is 2.35. The molecule has 0 saturated heterocycles. The number of nitrogens with zero attached hydrogens (tertiary/aromatic N) is 1. The maximum atomic E-state index is 4.74. The number of hydrogen-bond acceptors (Lipinski definition) is 2. The lowest BCUT2D eigenvalue weighted by atomic mass is 9.91. The fourth-order valence-electron chi connectivity index (χ4n) is 1.89. The largest absolute Gasteiger partial charge is 0.194 e. The fraction of sp³-hybridized carbons (Fsp3) is 0.500. The molecule has 0 aliphatic carbocycles. The number of rotatable bonds is 3. The molecule has 1 nitrogen and oxygen atoms in total. The van der Waals surface area contributed by atoms with Crippen molar-refractivity contribution >= 4 is 23.1 Å². The van der Waals surface area contributed by atoms with E-state index in [2.05, 4.69) is 56.9 Å². The molecule has 0 radical (unpaired) electrons. The Balaban J connectivity index is 3.53. The van der Waals surface area contributed by atoms with Crippen LogP contribution < -0.4 is 0 Å². The van der Waals surface area contributed by atoms with E-state index in [0.29, 0.717) is 11.8 Å². The molecule has 0 aromatic heterocycles. The normalized spacial score (nSPS) is 10.7. The van der Waals surface area contributed by atoms with Gasteiger partial charge in [-0.3, -0.25) is 0 Å². The van der Waals surface area contributed by atoms with Gasteiger partial charge in [0, 0.05) is 0 Å². The van der Waals surface area contributed by atoms with Crippen LogP contribution in [0.5, 0.6) is 0 Å². The van der Waals surface area contributed by atoms with Gasteiger partial charge in [-0.25, -0.2) is 0 Å². The molecule has 0 N–H and O–H groups in total. The van der Waals surface area contributed by atoms with Crippen molar-refractivity contribution in [2.24, 2.45) is 4.99 Å². The second-order valence-corrected chi connectivity index (χ2v) is 4.99. The van der Waals surface area contributed by atoms with E-state index < -0.39 is 0 Å². The molecule has 0 amide bonds. The average molecular weight is 233 g/mol. The number of benzene rings is 1. The van der Waals surface area contributed by atoms with E-state index >= 15 is 0 Å². The molecule has 0 fully saturated rings. The van der Waals surface area contributed by atoms with Gasteiger partial charge in [0.2, 0.25) is 0 Å². The molecule has 0 aliphatic heterocycles. The van der Waals surface area contributed by atoms with Crippen LogP contribution in [-0.2, 0) is 0 Å². The van der Waals surface area contributed by atoms with Gasteiger partial charge in [-0.05, 0) is 42.1 Å². The highest BCUT2D eigenvalue weighted by atomic mass is 32.1. The van der Waals surface area contributed by atoms with Crippen LogP contribution in [-0.4, -0.2) is 5.16 Å². The van der Waals surface area contributed by atoms with E-state index in [9.17, 15) is 0 Å². The molecule has 86 valence electrons. The minimum Gasteiger partial charge on any atom is -0.194 e. The molecule has 16 heavy (non-hydrogen) atoms. The predicted octanol–water partition coefficient (Wildman–Crippen LogP) is 4.98. The zero-order valence-electron chi connectivity index (χ0n) is 10.7. The molecule has 0 bridgehead atoms. The molecular weight excluding hydrogens is 214 g/mol. The highest BCUT2D eigenvalue weighted by molar-refractivity contribution is 7.78. The van der Waals surface area contributed by atoms with Crippen LogP contribution in [0.15, 0.2) is 17.1 Å². The second-order valence-electron chi connectivity index (χ2n) is 4.80. The summed E-state index contributed by atoms with van der Waals surface area (Å²) in [7, 11) is 0. The molecule has 0 atom stereocenters. The van der Waals surface area contributed by atoms with Crippen LogP contribution in [0.4, 0.5) is 5.69 Å². The van der Waals surface area contributed by atoms with Crippen molar-refractivity contribution in [2.75, 3.05) is 0 Å². The number of thiocarbonyl (C=S) groups is 1. The maximum Gasteiger partial charge on any atom is 0.0808 e. The molecule has 1 aromatic rings. The molecule has 0 aliphatic rings. The quantitative estimate of drug-likeness (QED) is 0.530. The summed E-state index contributed by atoms with van der Waals surface area (Å²) in [6.45, 7) is 10.9. The van der Waals surface area contributed by atoms with Crippen molar-refractivity contribution in [1.82, 2.24) is 0 Å². The third-order valence-electron chi connectivity index (χ3n) is 2.71. The Hall–Kier alpha value is -0.980. The fourth-order valence-corrected chi connectivity index (χ4v) is 1.98. The van der Waals surface area contributed by atoms with E-state index in [4.69, 9.17) is 12.2 Å². The van der Waals surface area contributed by atoms with Gasteiger partial charge in [0.15, 0.2) is 0 Å². The average Bonchev–Trinajstić information content (AvgIpc) is 2.19. The Morgan fingerprint density at radius 2 is 1.50 bits per heavy atom. The van der Waals surface area contributed by atoms with Crippen molar-refractivity contribution < 1.29 is 0 Å². The number of isothiocyanates is 1. The first kappa shape index (κ1) is 13.1. The van der Waals surface area contributed by atoms with Crippen LogP contribution in [0.1, 0.15) is 56.2 Å². The van der Waals surface area contributed by atoms with Crippen LogP contribution in [0.25, 0.3) is 0 Å². The summed E-state index contributed by atoms with van der Waals surface area (Å²) in [5.74, 6) is 0.916. The Kier molecular flexibility index (Phi) is 4.40. The molecular formula is C14H19NS. The van der Waals surface area contributed by atoms with Crippen LogP contribution in [0.2, 0.25) is 0 Å². The van der Waals surface area contributed by atoms with E-state index in [0.717, 1.165) is 5.69 Å². The lowest BCUT2D eigenvalue weighted by Crippen LogP contribution is -1.96. The first-order valence-electron chi connectivity index (χ1n) is 5.69. The first-order valence-corrected chi connectivity index (χ1v) is 6.10. The molecule has 0 saturated carbocycles. The Bertz CT molecular complexity index is 397. The van der Waals surface area contributed by atoms with Crippen LogP contribution in [0.3, 0.4) is 0 Å². The van der Waals surface area contributed by atoms with Crippen molar-refractivity contribution in [3.05, 3.63) is 28.8 Å². The third kappa shape index (κ3) is 2.78. The Morgan fingerprint density at radius 1 is 1.06 bits per heavy atom. The SMILES string of the molecule is Cc1cc(C(C)C)c(N=C=S)c(C(C)C)c1. The van der Waals surface area contributed by atoms with E-state index in [1.807, 2.05) is 0 Å². The monoisotopic (exact) mass is 233 g/mol. The summed E-state index contributed by atoms with van der Waals surface area (Å²) in [6, 6.07) is 4.39. The van der Waals surface area contributed by atoms with Gasteiger partial charge < -0.3 is 0 Å². The highest BCUT2D eigenvalue weighted by Gasteiger charge is 2.14. The topological polar surface area (TPSA) is 12.4 Å². The molecule has 0 unspecified atom stereocenters. The van der Waals surface area contributed by atoms with Crippen molar-refractivity contribution in [2.45, 2.75) is 46.5 Å². The minimum absolute atomic E-state index is 0.458. The standard InChI is InChI=1S/C14H19NS/c1-9(2)12-6-11(5)7-13(10(3)4)14(12)15-8-16/h6-7,9-10H,1-5H3. The summed E-state index contributed by atoms with van der Waals surface area (Å²) in [6.07, 6.45) is 0. The van der Waals surface area contributed by atoms with Gasteiger partial charge in [0.1, 0.15) is 0 Å². The predicted molar refractivity (Wildman–Crippen MR) is 74.0 cm³/mol. The second kappa shape index (κ2) is 5.38. The lowest BCUT2D eigenvalue weighted by Gasteiger charge is -2.16. The van der Waals surface area contributed by atoms with Gasteiger partial charge in [0.25, 0.3) is 0 Å². The molecule has 1 aromatic carbocycles. The summed E-state index contributed by atoms with van der Waals surface area (Å²) in [5, 5.41) is 2.50. The third-order valence-corrected chi connectivity index (χ3v) is 2.81. The number of aliphatic imine (C=N–C) groups is 1. The van der Waals surface area contributed by atoms with Gasteiger partial charge >= 0.3 is 0 Å². The maximum absolute atomic E-state index is 4.74. The molecule has 0 spiro atoms. The zero-order valence-corrected chi connectivity index (χ0v) is 11.5. The Labute approximate surface area is 104 Å². The molecule has 1 rings (SSSR count). The van der Waals surface area contributed by atoms with Crippen LogP contribution in [0, 0.1) is 6.92 Å². The van der Waals surface area contributed by atoms with Gasteiger partial charge in [0.05, 0.1) is 10.8 Å². The van der Waals surface area contributed by atoms with Crippen molar-refractivity contribution in [1.29, 1.82) is 0 Å². The van der Waals surface area contributed by atoms with Gasteiger partial charge in [-0.1, -0.05) is 45.4 Å². The number of hydrogen-bond donors (Lipinski definition) is 0. The van der Waals surface area contributed by atoms with E-state index in [1.165, 1.54) is 16.7 Å². The summed E-state index contributed by atoms with van der Waals surface area (Å²) >= 11 is 4.74. The zero-order chi connectivity index (χ0) is 12.3. The van der Waals surface area contributed by atoms with Gasteiger partial charge in [-0.15, -0.1) is 0 Å². The minimum atomic E-state index is 0.458. The first-order chi connectivity index (χ1) is 7.47. The molecule has 2 heteroatoms. The molecule has 0 heterocycles. The van der Waals surface area contributed by atoms with Gasteiger partial charge in [-0.2, -0.15) is 4.99 Å². The van der Waals surface area contributed by atoms with E-state index in [1.54, 1.807) is 0 Å². The summed E-state index contributed by atoms with van der Waals surface area (Å²) in [4.78, 5) is 4.26. The lowest BCUT2D eigenvalue weighted by molar-refractivity contribution is 0.832. The van der Waals surface area contributed by atoms with Crippen molar-refractivity contribution in [3.8, 4) is 0 Å². The smallest absolute Gasteiger partial charge is 0.0808 e. The van der Waals surface area contributed by atoms with E-state index in [-0.39, 0.29) is 0 Å². The summed E-state index contributed by atoms with van der Waals surface area (Å²) in [5.41, 5.74) is 4.84. The van der Waals surface area contributed by atoms with Crippen LogP contribution >= 0.6 is 12.2 Å². The number of aryl methyl sites for hydroxylation is 1. The summed E-state index contributed by atoms with van der Waals surface area (Å²) < 4.78 is 0.